The molecular weight excluding hydrogens is 414 g/mol. The van der Waals surface area contributed by atoms with Crippen molar-refractivity contribution in [3.63, 3.8) is 0 Å². The number of aromatic amines is 1. The van der Waals surface area contributed by atoms with Gasteiger partial charge in [-0.2, -0.15) is 4.98 Å². The number of hydrogen-bond donors (Lipinski definition) is 2. The number of rotatable bonds is 5. The summed E-state index contributed by atoms with van der Waals surface area (Å²) in [5.74, 6) is 1.06. The number of nitrogen functional groups attached to an aromatic ring is 1. The van der Waals surface area contributed by atoms with E-state index in [9.17, 15) is 9.59 Å². The lowest BCUT2D eigenvalue weighted by molar-refractivity contribution is -0.136. The Morgan fingerprint density at radius 1 is 1.22 bits per heavy atom. The van der Waals surface area contributed by atoms with Crippen molar-refractivity contribution < 1.29 is 14.3 Å². The molecule has 2 aromatic rings. The van der Waals surface area contributed by atoms with Crippen LogP contribution in [0.5, 0.6) is 5.88 Å². The number of morpholine rings is 1. The van der Waals surface area contributed by atoms with Crippen LogP contribution in [0, 0.1) is 5.92 Å². The molecule has 11 nitrogen and oxygen atoms in total. The molecule has 0 radical (unpaired) electrons. The second kappa shape index (κ2) is 9.51. The first-order valence-corrected chi connectivity index (χ1v) is 10.9. The van der Waals surface area contributed by atoms with Crippen LogP contribution in [0.25, 0.3) is 11.3 Å². The highest BCUT2D eigenvalue weighted by Gasteiger charge is 2.26. The van der Waals surface area contributed by atoms with Crippen LogP contribution < -0.4 is 20.9 Å². The summed E-state index contributed by atoms with van der Waals surface area (Å²) in [7, 11) is 0. The van der Waals surface area contributed by atoms with Gasteiger partial charge in [0.05, 0.1) is 24.5 Å². The smallest absolute Gasteiger partial charge is 0.261 e. The Balaban J connectivity index is 1.57. The molecule has 2 aliphatic heterocycles. The summed E-state index contributed by atoms with van der Waals surface area (Å²) in [5.41, 5.74) is 5.91. The van der Waals surface area contributed by atoms with Crippen molar-refractivity contribution in [2.75, 3.05) is 50.0 Å². The van der Waals surface area contributed by atoms with Crippen LogP contribution in [0.1, 0.15) is 26.7 Å². The van der Waals surface area contributed by atoms with Gasteiger partial charge in [-0.25, -0.2) is 9.97 Å². The molecule has 0 bridgehead atoms. The third-order valence-electron chi connectivity index (χ3n) is 5.61. The molecule has 0 aromatic carbocycles. The summed E-state index contributed by atoms with van der Waals surface area (Å²) in [5, 5.41) is 0. The lowest BCUT2D eigenvalue weighted by Crippen LogP contribution is -2.43. The normalized spacial score (nSPS) is 17.6. The number of likely N-dealkylation sites (tertiary alicyclic amines) is 1. The molecule has 32 heavy (non-hydrogen) atoms. The minimum atomic E-state index is -0.379. The molecule has 4 heterocycles. The van der Waals surface area contributed by atoms with Crippen LogP contribution in [-0.2, 0) is 9.53 Å². The Kier molecular flexibility index (Phi) is 6.54. The molecular formula is C21H29N7O4. The first kappa shape index (κ1) is 22.0. The number of anilines is 2. The van der Waals surface area contributed by atoms with E-state index >= 15 is 0 Å². The monoisotopic (exact) mass is 443 g/mol. The molecule has 2 aromatic heterocycles. The van der Waals surface area contributed by atoms with Crippen molar-refractivity contribution in [2.24, 2.45) is 5.92 Å². The third kappa shape index (κ3) is 4.98. The molecule has 2 fully saturated rings. The van der Waals surface area contributed by atoms with Crippen LogP contribution in [0.15, 0.2) is 17.1 Å². The molecule has 3 N–H and O–H groups in total. The van der Waals surface area contributed by atoms with E-state index in [2.05, 4.69) is 19.9 Å². The number of piperidine rings is 1. The molecule has 0 atom stereocenters. The van der Waals surface area contributed by atoms with Crippen molar-refractivity contribution in [1.29, 1.82) is 0 Å². The molecule has 1 amide bonds. The molecule has 2 saturated heterocycles. The zero-order valence-corrected chi connectivity index (χ0v) is 18.4. The van der Waals surface area contributed by atoms with Crippen molar-refractivity contribution in [3.8, 4) is 17.1 Å². The van der Waals surface area contributed by atoms with Crippen molar-refractivity contribution in [3.05, 3.63) is 22.6 Å². The Morgan fingerprint density at radius 2 is 1.94 bits per heavy atom. The number of carbonyl (C=O) groups is 1. The second-order valence-electron chi connectivity index (χ2n) is 8.30. The number of aromatic nitrogens is 4. The number of nitrogens with one attached hydrogen (secondary N) is 1. The van der Waals surface area contributed by atoms with E-state index in [1.165, 1.54) is 6.20 Å². The predicted octanol–water partition coefficient (Wildman–Crippen LogP) is 0.672. The third-order valence-corrected chi connectivity index (χ3v) is 5.61. The van der Waals surface area contributed by atoms with E-state index in [-0.39, 0.29) is 29.4 Å². The second-order valence-corrected chi connectivity index (χ2v) is 8.30. The molecule has 2 aliphatic rings. The number of ether oxygens (including phenoxy) is 2. The zero-order chi connectivity index (χ0) is 22.7. The van der Waals surface area contributed by atoms with Gasteiger partial charge < -0.3 is 25.0 Å². The van der Waals surface area contributed by atoms with Gasteiger partial charge in [0.15, 0.2) is 5.95 Å². The summed E-state index contributed by atoms with van der Waals surface area (Å²) in [4.78, 5) is 44.3. The van der Waals surface area contributed by atoms with E-state index in [0.717, 1.165) is 0 Å². The van der Waals surface area contributed by atoms with E-state index in [1.807, 2.05) is 23.6 Å². The van der Waals surface area contributed by atoms with Gasteiger partial charge in [0, 0.05) is 57.2 Å². The molecule has 0 spiro atoms. The van der Waals surface area contributed by atoms with E-state index in [4.69, 9.17) is 15.2 Å². The van der Waals surface area contributed by atoms with Crippen LogP contribution >= 0.6 is 0 Å². The van der Waals surface area contributed by atoms with Crippen molar-refractivity contribution >= 4 is 17.8 Å². The molecule has 11 heteroatoms. The van der Waals surface area contributed by atoms with Gasteiger partial charge in [0.1, 0.15) is 6.10 Å². The van der Waals surface area contributed by atoms with Crippen LogP contribution in [-0.4, -0.2) is 76.2 Å². The molecule has 0 aliphatic carbocycles. The SMILES string of the molecule is CC(C)C(=O)N1CCC(Oc2cc(-c3cnc(N)[nH]c3=O)nc(N3CCOCC3)n2)CC1. The summed E-state index contributed by atoms with van der Waals surface area (Å²) < 4.78 is 11.6. The largest absolute Gasteiger partial charge is 0.474 e. The molecule has 0 unspecified atom stereocenters. The van der Waals surface area contributed by atoms with E-state index in [0.29, 0.717) is 75.3 Å². The maximum absolute atomic E-state index is 12.4. The first-order valence-electron chi connectivity index (χ1n) is 10.9. The van der Waals surface area contributed by atoms with Gasteiger partial charge in [-0.05, 0) is 0 Å². The van der Waals surface area contributed by atoms with Gasteiger partial charge in [0.2, 0.25) is 17.7 Å². The topological polar surface area (TPSA) is 140 Å². The number of nitrogens with two attached hydrogens (primary N) is 1. The summed E-state index contributed by atoms with van der Waals surface area (Å²) >= 11 is 0. The highest BCUT2D eigenvalue weighted by Crippen LogP contribution is 2.25. The maximum atomic E-state index is 12.4. The first-order chi connectivity index (χ1) is 15.4. The fourth-order valence-electron chi connectivity index (χ4n) is 3.84. The lowest BCUT2D eigenvalue weighted by Gasteiger charge is -2.33. The Bertz CT molecular complexity index is 1010. The molecule has 4 rings (SSSR count). The van der Waals surface area contributed by atoms with Gasteiger partial charge in [-0.1, -0.05) is 13.8 Å². The number of nitrogens with zero attached hydrogens (tertiary/aromatic N) is 5. The van der Waals surface area contributed by atoms with Crippen molar-refractivity contribution in [2.45, 2.75) is 32.8 Å². The molecule has 0 saturated carbocycles. The Hall–Kier alpha value is -3.21. The van der Waals surface area contributed by atoms with Gasteiger partial charge in [-0.3, -0.25) is 14.6 Å². The van der Waals surface area contributed by atoms with Crippen LogP contribution in [0.4, 0.5) is 11.9 Å². The van der Waals surface area contributed by atoms with E-state index < -0.39 is 0 Å². The maximum Gasteiger partial charge on any atom is 0.261 e. The summed E-state index contributed by atoms with van der Waals surface area (Å²) in [6.07, 6.45) is 2.76. The zero-order valence-electron chi connectivity index (χ0n) is 18.4. The van der Waals surface area contributed by atoms with Gasteiger partial charge >= 0.3 is 0 Å². The quantitative estimate of drug-likeness (QED) is 0.682. The van der Waals surface area contributed by atoms with Crippen LogP contribution in [0.3, 0.4) is 0 Å². The number of amides is 1. The van der Waals surface area contributed by atoms with Crippen molar-refractivity contribution in [1.82, 2.24) is 24.8 Å². The van der Waals surface area contributed by atoms with E-state index in [1.54, 1.807) is 6.07 Å². The number of carbonyl (C=O) groups excluding carboxylic acids is 1. The summed E-state index contributed by atoms with van der Waals surface area (Å²) in [6, 6.07) is 1.65. The lowest BCUT2D eigenvalue weighted by atomic mass is 10.1. The van der Waals surface area contributed by atoms with Crippen LogP contribution in [0.2, 0.25) is 0 Å². The fraction of sp³-hybridized carbons (Fsp3) is 0.571. The Morgan fingerprint density at radius 3 is 2.59 bits per heavy atom. The average molecular weight is 444 g/mol. The highest BCUT2D eigenvalue weighted by molar-refractivity contribution is 5.78. The Labute approximate surface area is 186 Å². The number of hydrogen-bond acceptors (Lipinski definition) is 9. The minimum Gasteiger partial charge on any atom is -0.474 e. The fourth-order valence-corrected chi connectivity index (χ4v) is 3.84. The minimum absolute atomic E-state index is 0.0143. The standard InChI is InChI=1S/C21H29N7O4/c1-13(2)19(30)27-5-3-14(4-6-27)32-17-11-16(15-12-23-20(22)26-18(15)29)24-21(25-17)28-7-9-31-10-8-28/h11-14H,3-10H2,1-2H3,(H3,22,23,26,29). The average Bonchev–Trinajstić information content (AvgIpc) is 2.79. The molecule has 172 valence electrons. The van der Waals surface area contributed by atoms with Gasteiger partial charge in [-0.15, -0.1) is 0 Å². The number of H-pyrrole nitrogens is 1. The predicted molar refractivity (Wildman–Crippen MR) is 118 cm³/mol. The van der Waals surface area contributed by atoms with Gasteiger partial charge in [0.25, 0.3) is 5.56 Å². The summed E-state index contributed by atoms with van der Waals surface area (Å²) in [6.45, 7) is 7.58. The highest BCUT2D eigenvalue weighted by atomic mass is 16.5.